The third kappa shape index (κ3) is 2.93. The van der Waals surface area contributed by atoms with Crippen molar-refractivity contribution in [1.29, 1.82) is 0 Å². The number of aliphatic carboxylic acids is 1. The molecule has 0 saturated carbocycles. The van der Waals surface area contributed by atoms with E-state index in [0.717, 1.165) is 5.56 Å². The summed E-state index contributed by atoms with van der Waals surface area (Å²) in [5.74, 6) is -1.18. The molecule has 0 aliphatic heterocycles. The fraction of sp³-hybridized carbons (Fsp3) is 0.417. The average Bonchev–Trinajstić information content (AvgIpc) is 2.15. The van der Waals surface area contributed by atoms with Gasteiger partial charge >= 0.3 is 5.97 Å². The third-order valence-corrected chi connectivity index (χ3v) is 4.71. The maximum absolute atomic E-state index is 10.8. The Bertz CT molecular complexity index is 349. The number of benzene rings is 1. The van der Waals surface area contributed by atoms with Crippen molar-refractivity contribution in [3.05, 3.63) is 29.8 Å². The summed E-state index contributed by atoms with van der Waals surface area (Å²) in [6, 6.07) is 8.01. The van der Waals surface area contributed by atoms with Crippen molar-refractivity contribution in [3.63, 3.8) is 0 Å². The maximum atomic E-state index is 10.8. The van der Waals surface area contributed by atoms with E-state index in [4.69, 9.17) is 5.11 Å². The van der Waals surface area contributed by atoms with Crippen molar-refractivity contribution >= 4 is 19.2 Å². The Kier molecular flexibility index (Phi) is 3.34. The third-order valence-electron chi connectivity index (χ3n) is 2.65. The molecule has 82 valence electrons. The molecule has 0 heterocycles. The molecule has 0 aliphatic carbocycles. The van der Waals surface area contributed by atoms with Gasteiger partial charge in [-0.1, -0.05) is 49.1 Å². The summed E-state index contributed by atoms with van der Waals surface area (Å²) in [6.07, 6.45) is 0. The topological polar surface area (TPSA) is 37.3 Å². The molecule has 0 saturated heterocycles. The lowest BCUT2D eigenvalue weighted by atomic mass is 10.0. The first-order valence-corrected chi connectivity index (χ1v) is 8.65. The Balaban J connectivity index is 2.95. The Hall–Kier alpha value is -1.09. The van der Waals surface area contributed by atoms with Crippen molar-refractivity contribution in [2.75, 3.05) is 0 Å². The van der Waals surface area contributed by atoms with Gasteiger partial charge in [0.25, 0.3) is 0 Å². The fourth-order valence-electron chi connectivity index (χ4n) is 1.41. The molecule has 0 aromatic heterocycles. The molecule has 1 aromatic rings. The van der Waals surface area contributed by atoms with E-state index in [1.54, 1.807) is 6.92 Å². The molecule has 0 fully saturated rings. The van der Waals surface area contributed by atoms with Gasteiger partial charge < -0.3 is 5.11 Å². The van der Waals surface area contributed by atoms with E-state index in [1.165, 1.54) is 5.19 Å². The summed E-state index contributed by atoms with van der Waals surface area (Å²) < 4.78 is 0. The van der Waals surface area contributed by atoms with E-state index in [-0.39, 0.29) is 0 Å². The minimum Gasteiger partial charge on any atom is -0.481 e. The Labute approximate surface area is 92.0 Å². The normalized spacial score (nSPS) is 13.6. The molecule has 2 nitrogen and oxygen atoms in total. The molecule has 0 spiro atoms. The smallest absolute Gasteiger partial charge is 0.310 e. The molecule has 1 atom stereocenters. The zero-order chi connectivity index (χ0) is 11.6. The largest absolute Gasteiger partial charge is 0.481 e. The fourth-order valence-corrected chi connectivity index (χ4v) is 2.58. The molecule has 15 heavy (non-hydrogen) atoms. The molecule has 3 heteroatoms. The molecule has 0 radical (unpaired) electrons. The van der Waals surface area contributed by atoms with E-state index in [0.29, 0.717) is 0 Å². The zero-order valence-corrected chi connectivity index (χ0v) is 10.7. The second-order valence-electron chi connectivity index (χ2n) is 4.93. The number of hydrogen-bond donors (Lipinski definition) is 1. The van der Waals surface area contributed by atoms with Crippen LogP contribution in [0.25, 0.3) is 0 Å². The molecule has 1 rings (SSSR count). The minimum absolute atomic E-state index is 0.416. The first kappa shape index (κ1) is 12.0. The van der Waals surface area contributed by atoms with Crippen LogP contribution < -0.4 is 5.19 Å². The van der Waals surface area contributed by atoms with Gasteiger partial charge in [0.05, 0.1) is 14.0 Å². The second-order valence-corrected chi connectivity index (χ2v) is 10.0. The Morgan fingerprint density at radius 3 is 2.00 bits per heavy atom. The van der Waals surface area contributed by atoms with Crippen LogP contribution in [0, 0.1) is 0 Å². The van der Waals surface area contributed by atoms with Crippen molar-refractivity contribution in [1.82, 2.24) is 0 Å². The lowest BCUT2D eigenvalue weighted by Crippen LogP contribution is -2.37. The summed E-state index contributed by atoms with van der Waals surface area (Å²) >= 11 is 0. The van der Waals surface area contributed by atoms with E-state index >= 15 is 0 Å². The van der Waals surface area contributed by atoms with Crippen molar-refractivity contribution in [2.45, 2.75) is 32.5 Å². The van der Waals surface area contributed by atoms with Crippen LogP contribution in [-0.2, 0) is 4.79 Å². The molecule has 1 unspecified atom stereocenters. The highest BCUT2D eigenvalue weighted by molar-refractivity contribution is 6.88. The molecule has 0 aliphatic rings. The predicted molar refractivity (Wildman–Crippen MR) is 65.5 cm³/mol. The standard InChI is InChI=1S/C12H18O2Si/c1-9(12(13)14)10-5-7-11(8-6-10)15(2,3)4/h5-9H,1-4H3,(H,13,14). The lowest BCUT2D eigenvalue weighted by molar-refractivity contribution is -0.138. The van der Waals surface area contributed by atoms with E-state index < -0.39 is 20.0 Å². The Morgan fingerprint density at radius 2 is 1.67 bits per heavy atom. The monoisotopic (exact) mass is 222 g/mol. The molecule has 1 N–H and O–H groups in total. The van der Waals surface area contributed by atoms with E-state index in [9.17, 15) is 4.79 Å². The van der Waals surface area contributed by atoms with Gasteiger partial charge in [-0.2, -0.15) is 0 Å². The van der Waals surface area contributed by atoms with Gasteiger partial charge in [-0.05, 0) is 12.5 Å². The molecule has 0 amide bonds. The van der Waals surface area contributed by atoms with Crippen LogP contribution in [0.15, 0.2) is 24.3 Å². The summed E-state index contributed by atoms with van der Waals surface area (Å²) in [4.78, 5) is 10.8. The Morgan fingerprint density at radius 1 is 1.20 bits per heavy atom. The number of carbonyl (C=O) groups is 1. The highest BCUT2D eigenvalue weighted by atomic mass is 28.3. The predicted octanol–water partition coefficient (Wildman–Crippen LogP) is 2.42. The van der Waals surface area contributed by atoms with E-state index in [2.05, 4.69) is 31.8 Å². The first-order valence-electron chi connectivity index (χ1n) is 5.15. The number of rotatable bonds is 3. The lowest BCUT2D eigenvalue weighted by Gasteiger charge is -2.17. The van der Waals surface area contributed by atoms with Crippen molar-refractivity contribution in [3.8, 4) is 0 Å². The van der Waals surface area contributed by atoms with Gasteiger partial charge in [0.2, 0.25) is 0 Å². The molecule has 1 aromatic carbocycles. The summed E-state index contributed by atoms with van der Waals surface area (Å²) in [7, 11) is -1.27. The zero-order valence-electron chi connectivity index (χ0n) is 9.74. The van der Waals surface area contributed by atoms with Crippen LogP contribution in [0.5, 0.6) is 0 Å². The first-order chi connectivity index (χ1) is 6.82. The van der Waals surface area contributed by atoms with Gasteiger partial charge in [0.1, 0.15) is 0 Å². The van der Waals surface area contributed by atoms with Gasteiger partial charge in [-0.15, -0.1) is 0 Å². The number of carboxylic acids is 1. The number of carboxylic acid groups (broad SMARTS) is 1. The summed E-state index contributed by atoms with van der Waals surface area (Å²) in [5, 5.41) is 10.2. The highest BCUT2D eigenvalue weighted by Gasteiger charge is 2.18. The van der Waals surface area contributed by atoms with Crippen molar-refractivity contribution in [2.24, 2.45) is 0 Å². The van der Waals surface area contributed by atoms with Crippen LogP contribution in [0.3, 0.4) is 0 Å². The summed E-state index contributed by atoms with van der Waals surface area (Å²) in [6.45, 7) is 8.56. The van der Waals surface area contributed by atoms with Crippen molar-refractivity contribution < 1.29 is 9.90 Å². The molecule has 0 bridgehead atoms. The average molecular weight is 222 g/mol. The second kappa shape index (κ2) is 4.19. The summed E-state index contributed by atoms with van der Waals surface area (Å²) in [5.41, 5.74) is 0.879. The van der Waals surface area contributed by atoms with Crippen LogP contribution in [0.2, 0.25) is 19.6 Å². The minimum atomic E-state index is -1.27. The molecular weight excluding hydrogens is 204 g/mol. The van der Waals surface area contributed by atoms with Crippen LogP contribution >= 0.6 is 0 Å². The van der Waals surface area contributed by atoms with Gasteiger partial charge in [0.15, 0.2) is 0 Å². The van der Waals surface area contributed by atoms with Gasteiger partial charge in [0, 0.05) is 0 Å². The van der Waals surface area contributed by atoms with Crippen LogP contribution in [-0.4, -0.2) is 19.1 Å². The van der Waals surface area contributed by atoms with Gasteiger partial charge in [-0.25, -0.2) is 0 Å². The van der Waals surface area contributed by atoms with Crippen LogP contribution in [0.4, 0.5) is 0 Å². The highest BCUT2D eigenvalue weighted by Crippen LogP contribution is 2.14. The maximum Gasteiger partial charge on any atom is 0.310 e. The molecular formula is C12H18O2Si. The van der Waals surface area contributed by atoms with Gasteiger partial charge in [-0.3, -0.25) is 4.79 Å². The van der Waals surface area contributed by atoms with E-state index in [1.807, 2.05) is 12.1 Å². The SMILES string of the molecule is CC(C(=O)O)c1ccc([Si](C)(C)C)cc1. The quantitative estimate of drug-likeness (QED) is 0.797. The number of hydrogen-bond acceptors (Lipinski definition) is 1. The van der Waals surface area contributed by atoms with Crippen LogP contribution in [0.1, 0.15) is 18.4 Å².